The van der Waals surface area contributed by atoms with Crippen molar-refractivity contribution in [1.82, 2.24) is 5.32 Å². The lowest BCUT2D eigenvalue weighted by Gasteiger charge is -2.22. The molecule has 0 bridgehead atoms. The normalized spacial score (nSPS) is 10.8. The second-order valence-corrected chi connectivity index (χ2v) is 6.83. The molecule has 2 aromatic rings. The Morgan fingerprint density at radius 2 is 2.15 bits per heavy atom. The minimum atomic E-state index is 0.914. The van der Waals surface area contributed by atoms with E-state index in [2.05, 4.69) is 75.8 Å². The quantitative estimate of drug-likeness (QED) is 0.729. The number of hydrogen-bond acceptors (Lipinski definition) is 3. The first kappa shape index (κ1) is 15.5. The van der Waals surface area contributed by atoms with Crippen LogP contribution in [0.5, 0.6) is 0 Å². The molecular formula is C16H21BrN2S. The second kappa shape index (κ2) is 7.81. The molecule has 0 radical (unpaired) electrons. The summed E-state index contributed by atoms with van der Waals surface area (Å²) >= 11 is 5.38. The number of benzene rings is 1. The number of hydrogen-bond donors (Lipinski definition) is 1. The van der Waals surface area contributed by atoms with Crippen LogP contribution in [0.15, 0.2) is 40.2 Å². The van der Waals surface area contributed by atoms with Gasteiger partial charge in [0.15, 0.2) is 0 Å². The van der Waals surface area contributed by atoms with Crippen LogP contribution in [0.25, 0.3) is 0 Å². The summed E-state index contributed by atoms with van der Waals surface area (Å²) in [5.41, 5.74) is 2.64. The molecular weight excluding hydrogens is 332 g/mol. The molecule has 1 N–H and O–H groups in total. The van der Waals surface area contributed by atoms with Gasteiger partial charge in [0.05, 0.1) is 6.54 Å². The molecule has 1 heterocycles. The van der Waals surface area contributed by atoms with Gasteiger partial charge in [0.1, 0.15) is 0 Å². The van der Waals surface area contributed by atoms with Crippen LogP contribution in [0.1, 0.15) is 23.8 Å². The first-order valence-electron chi connectivity index (χ1n) is 6.93. The van der Waals surface area contributed by atoms with Gasteiger partial charge < -0.3 is 10.2 Å². The smallest absolute Gasteiger partial charge is 0.0519 e. The second-order valence-electron chi connectivity index (χ2n) is 4.89. The molecule has 0 aliphatic carbocycles. The van der Waals surface area contributed by atoms with Gasteiger partial charge in [-0.25, -0.2) is 0 Å². The van der Waals surface area contributed by atoms with Crippen molar-refractivity contribution in [3.05, 3.63) is 50.6 Å². The highest BCUT2D eigenvalue weighted by atomic mass is 79.9. The number of thiophene rings is 1. The molecule has 20 heavy (non-hydrogen) atoms. The third-order valence-corrected chi connectivity index (χ3v) is 4.52. The molecule has 0 amide bonds. The van der Waals surface area contributed by atoms with Crippen LogP contribution in [-0.2, 0) is 13.1 Å². The highest BCUT2D eigenvalue weighted by Crippen LogP contribution is 2.26. The Balaban J connectivity index is 2.12. The predicted molar refractivity (Wildman–Crippen MR) is 92.6 cm³/mol. The van der Waals surface area contributed by atoms with Gasteiger partial charge in [-0.1, -0.05) is 28.9 Å². The van der Waals surface area contributed by atoms with E-state index in [1.807, 2.05) is 11.3 Å². The molecule has 0 atom stereocenters. The summed E-state index contributed by atoms with van der Waals surface area (Å²) in [6.45, 7) is 5.12. The van der Waals surface area contributed by atoms with Gasteiger partial charge in [-0.05, 0) is 48.2 Å². The van der Waals surface area contributed by atoms with Crippen molar-refractivity contribution in [3.63, 3.8) is 0 Å². The first-order chi connectivity index (χ1) is 9.70. The minimum absolute atomic E-state index is 0.914. The average molecular weight is 353 g/mol. The Bertz CT molecular complexity index is 525. The lowest BCUT2D eigenvalue weighted by molar-refractivity contribution is 0.673. The summed E-state index contributed by atoms with van der Waals surface area (Å²) in [4.78, 5) is 3.71. The van der Waals surface area contributed by atoms with E-state index >= 15 is 0 Å². The third kappa shape index (κ3) is 4.33. The van der Waals surface area contributed by atoms with Crippen LogP contribution in [0, 0.1) is 0 Å². The monoisotopic (exact) mass is 352 g/mol. The molecule has 1 aromatic carbocycles. The van der Waals surface area contributed by atoms with Crippen molar-refractivity contribution in [3.8, 4) is 0 Å². The number of halogens is 1. The fourth-order valence-corrected chi connectivity index (χ4v) is 3.36. The zero-order valence-electron chi connectivity index (χ0n) is 12.0. The summed E-state index contributed by atoms with van der Waals surface area (Å²) in [6, 6.07) is 10.8. The Labute approximate surface area is 133 Å². The zero-order valence-corrected chi connectivity index (χ0v) is 14.4. The summed E-state index contributed by atoms with van der Waals surface area (Å²) in [7, 11) is 2.16. The van der Waals surface area contributed by atoms with Crippen molar-refractivity contribution >= 4 is 33.0 Å². The number of rotatable bonds is 7. The van der Waals surface area contributed by atoms with Gasteiger partial charge in [0, 0.05) is 28.6 Å². The van der Waals surface area contributed by atoms with Gasteiger partial charge >= 0.3 is 0 Å². The molecule has 0 aliphatic heterocycles. The maximum atomic E-state index is 3.57. The van der Waals surface area contributed by atoms with Crippen LogP contribution in [0.3, 0.4) is 0 Å². The van der Waals surface area contributed by atoms with Crippen molar-refractivity contribution in [1.29, 1.82) is 0 Å². The van der Waals surface area contributed by atoms with Gasteiger partial charge in [-0.15, -0.1) is 11.3 Å². The van der Waals surface area contributed by atoms with Crippen molar-refractivity contribution in [2.24, 2.45) is 0 Å². The Morgan fingerprint density at radius 3 is 2.85 bits per heavy atom. The van der Waals surface area contributed by atoms with Crippen molar-refractivity contribution < 1.29 is 0 Å². The average Bonchev–Trinajstić information content (AvgIpc) is 2.92. The molecule has 2 rings (SSSR count). The molecule has 0 unspecified atom stereocenters. The summed E-state index contributed by atoms with van der Waals surface area (Å²) in [5, 5.41) is 5.62. The van der Waals surface area contributed by atoms with E-state index in [-0.39, 0.29) is 0 Å². The van der Waals surface area contributed by atoms with E-state index in [1.54, 1.807) is 0 Å². The molecule has 1 aromatic heterocycles. The topological polar surface area (TPSA) is 15.3 Å². The SMILES string of the molecule is CCCNCc1cc(Br)ccc1N(C)Cc1cccs1. The van der Waals surface area contributed by atoms with E-state index in [9.17, 15) is 0 Å². The third-order valence-electron chi connectivity index (χ3n) is 3.17. The molecule has 2 nitrogen and oxygen atoms in total. The van der Waals surface area contributed by atoms with Crippen LogP contribution in [0.4, 0.5) is 5.69 Å². The van der Waals surface area contributed by atoms with Crippen LogP contribution < -0.4 is 10.2 Å². The fraction of sp³-hybridized carbons (Fsp3) is 0.375. The standard InChI is InChI=1S/C16H21BrN2S/c1-3-8-18-11-13-10-14(17)6-7-16(13)19(2)12-15-5-4-9-20-15/h4-7,9-10,18H,3,8,11-12H2,1-2H3. The summed E-state index contributed by atoms with van der Waals surface area (Å²) in [5.74, 6) is 0. The minimum Gasteiger partial charge on any atom is -0.369 e. The predicted octanol–water partition coefficient (Wildman–Crippen LogP) is 4.65. The van der Waals surface area contributed by atoms with E-state index in [4.69, 9.17) is 0 Å². The van der Waals surface area contributed by atoms with Crippen LogP contribution in [-0.4, -0.2) is 13.6 Å². The van der Waals surface area contributed by atoms with Crippen molar-refractivity contribution in [2.75, 3.05) is 18.5 Å². The molecule has 0 saturated carbocycles. The molecule has 0 spiro atoms. The van der Waals surface area contributed by atoms with E-state index in [0.717, 1.165) is 30.5 Å². The maximum absolute atomic E-state index is 3.57. The zero-order chi connectivity index (χ0) is 14.4. The largest absolute Gasteiger partial charge is 0.369 e. The van der Waals surface area contributed by atoms with Gasteiger partial charge in [-0.3, -0.25) is 0 Å². The number of nitrogens with one attached hydrogen (secondary N) is 1. The molecule has 4 heteroatoms. The lowest BCUT2D eigenvalue weighted by Crippen LogP contribution is -2.20. The van der Waals surface area contributed by atoms with Crippen LogP contribution in [0.2, 0.25) is 0 Å². The Morgan fingerprint density at radius 1 is 1.30 bits per heavy atom. The number of anilines is 1. The van der Waals surface area contributed by atoms with Gasteiger partial charge in [-0.2, -0.15) is 0 Å². The molecule has 0 saturated heterocycles. The van der Waals surface area contributed by atoms with E-state index in [0.29, 0.717) is 0 Å². The number of nitrogens with zero attached hydrogens (tertiary/aromatic N) is 1. The molecule has 0 fully saturated rings. The highest BCUT2D eigenvalue weighted by Gasteiger charge is 2.09. The molecule has 108 valence electrons. The summed E-state index contributed by atoms with van der Waals surface area (Å²) < 4.78 is 1.14. The Hall–Kier alpha value is -0.840. The first-order valence-corrected chi connectivity index (χ1v) is 8.60. The van der Waals surface area contributed by atoms with Crippen molar-refractivity contribution in [2.45, 2.75) is 26.4 Å². The lowest BCUT2D eigenvalue weighted by atomic mass is 10.1. The van der Waals surface area contributed by atoms with Gasteiger partial charge in [0.25, 0.3) is 0 Å². The van der Waals surface area contributed by atoms with Gasteiger partial charge in [0.2, 0.25) is 0 Å². The van der Waals surface area contributed by atoms with Crippen LogP contribution >= 0.6 is 27.3 Å². The fourth-order valence-electron chi connectivity index (χ4n) is 2.19. The Kier molecular flexibility index (Phi) is 6.07. The van der Waals surface area contributed by atoms with E-state index < -0.39 is 0 Å². The highest BCUT2D eigenvalue weighted by molar-refractivity contribution is 9.10. The maximum Gasteiger partial charge on any atom is 0.0519 e. The summed E-state index contributed by atoms with van der Waals surface area (Å²) in [6.07, 6.45) is 1.16. The molecule has 0 aliphatic rings. The van der Waals surface area contributed by atoms with E-state index in [1.165, 1.54) is 16.1 Å².